The van der Waals surface area contributed by atoms with Crippen LogP contribution in [0, 0.1) is 33.5 Å². The van der Waals surface area contributed by atoms with Gasteiger partial charge in [0.05, 0.1) is 17.1 Å². The van der Waals surface area contributed by atoms with Crippen molar-refractivity contribution >= 4 is 23.3 Å². The van der Waals surface area contributed by atoms with Crippen molar-refractivity contribution in [2.24, 2.45) is 33.5 Å². The summed E-state index contributed by atoms with van der Waals surface area (Å²) in [6.45, 7) is 11.0. The molecule has 0 radical (unpaired) electrons. The Morgan fingerprint density at radius 1 is 1.09 bits per heavy atom. The number of carbonyl (C=O) groups excluding carboxylic acids is 3. The second kappa shape index (κ2) is 7.33. The summed E-state index contributed by atoms with van der Waals surface area (Å²) in [6, 6.07) is 0. The Morgan fingerprint density at radius 2 is 1.71 bits per heavy atom. The fraction of sp³-hybridized carbons (Fsp3) is 0.778. The van der Waals surface area contributed by atoms with E-state index in [0.717, 1.165) is 0 Å². The van der Waals surface area contributed by atoms with E-state index in [0.29, 0.717) is 30.4 Å². The zero-order valence-electron chi connectivity index (χ0n) is 21.2. The van der Waals surface area contributed by atoms with Crippen LogP contribution >= 0.6 is 0 Å². The fourth-order valence-corrected chi connectivity index (χ4v) is 8.48. The monoisotopic (exact) mass is 474 g/mol. The number of allylic oxidation sites excluding steroid dienone is 1. The normalized spacial score (nSPS) is 43.2. The molecule has 7 nitrogen and oxygen atoms in total. The third-order valence-corrected chi connectivity index (χ3v) is 10.7. The van der Waals surface area contributed by atoms with E-state index in [4.69, 9.17) is 5.11 Å². The van der Waals surface area contributed by atoms with E-state index >= 15 is 0 Å². The van der Waals surface area contributed by atoms with Gasteiger partial charge in [-0.1, -0.05) is 27.7 Å². The number of hydrogen-bond acceptors (Lipinski definition) is 6. The fourth-order valence-electron chi connectivity index (χ4n) is 8.48. The van der Waals surface area contributed by atoms with E-state index in [1.807, 2.05) is 27.7 Å². The summed E-state index contributed by atoms with van der Waals surface area (Å²) >= 11 is 0. The average molecular weight is 475 g/mol. The van der Waals surface area contributed by atoms with Crippen LogP contribution in [0.3, 0.4) is 0 Å². The highest BCUT2D eigenvalue weighted by atomic mass is 16.4. The van der Waals surface area contributed by atoms with Crippen LogP contribution in [0.15, 0.2) is 11.1 Å². The highest BCUT2D eigenvalue weighted by molar-refractivity contribution is 6.05. The van der Waals surface area contributed by atoms with E-state index in [-0.39, 0.29) is 49.0 Å². The minimum atomic E-state index is -1.45. The summed E-state index contributed by atoms with van der Waals surface area (Å²) in [5.41, 5.74) is -3.84. The van der Waals surface area contributed by atoms with Gasteiger partial charge in [0.2, 0.25) is 0 Å². The van der Waals surface area contributed by atoms with Crippen molar-refractivity contribution in [1.29, 1.82) is 0 Å². The molecule has 0 aromatic rings. The van der Waals surface area contributed by atoms with Crippen molar-refractivity contribution in [2.75, 3.05) is 0 Å². The molecular weight excluding hydrogens is 436 g/mol. The SMILES string of the molecule is CC(O)(CCC(=O)O)[C@H]1CC(=O)[C@@]2(C)C3=C(C(=O)C[C@]12C)[C@@]1(C)CCC(=O)C(C)(C)[C@@H]1C[C@@H]3O. The number of carboxylic acids is 1. The smallest absolute Gasteiger partial charge is 0.303 e. The van der Waals surface area contributed by atoms with Crippen LogP contribution in [0.4, 0.5) is 0 Å². The van der Waals surface area contributed by atoms with Gasteiger partial charge in [0.25, 0.3) is 0 Å². The Hall–Kier alpha value is -1.86. The molecule has 34 heavy (non-hydrogen) atoms. The predicted molar refractivity (Wildman–Crippen MR) is 124 cm³/mol. The van der Waals surface area contributed by atoms with Crippen molar-refractivity contribution in [2.45, 2.75) is 98.2 Å². The van der Waals surface area contributed by atoms with E-state index in [1.54, 1.807) is 13.8 Å². The molecule has 2 fully saturated rings. The number of carboxylic acid groups (broad SMARTS) is 1. The molecule has 4 aliphatic carbocycles. The topological polar surface area (TPSA) is 129 Å². The summed E-state index contributed by atoms with van der Waals surface area (Å²) < 4.78 is 0. The summed E-state index contributed by atoms with van der Waals surface area (Å²) in [6.07, 6.45) is -0.0417. The molecule has 0 heterocycles. The summed E-state index contributed by atoms with van der Waals surface area (Å²) in [5.74, 6) is -1.96. The molecule has 0 bridgehead atoms. The van der Waals surface area contributed by atoms with Crippen molar-refractivity contribution in [3.8, 4) is 0 Å². The molecule has 2 saturated carbocycles. The Kier molecular flexibility index (Phi) is 5.44. The molecule has 0 spiro atoms. The maximum absolute atomic E-state index is 13.9. The molecule has 0 aromatic heterocycles. The van der Waals surface area contributed by atoms with Gasteiger partial charge in [-0.15, -0.1) is 0 Å². The minimum absolute atomic E-state index is 0.0231. The molecule has 3 N–H and O–H groups in total. The van der Waals surface area contributed by atoms with Crippen molar-refractivity contribution in [1.82, 2.24) is 0 Å². The Labute approximate surface area is 201 Å². The van der Waals surface area contributed by atoms with E-state index in [1.165, 1.54) is 0 Å². The second-order valence-corrected chi connectivity index (χ2v) is 12.7. The predicted octanol–water partition coefficient (Wildman–Crippen LogP) is 3.25. The molecule has 188 valence electrons. The van der Waals surface area contributed by atoms with Gasteiger partial charge in [0.1, 0.15) is 11.6 Å². The number of hydrogen-bond donors (Lipinski definition) is 3. The molecule has 0 aliphatic heterocycles. The summed E-state index contributed by atoms with van der Waals surface area (Å²) in [4.78, 5) is 51.6. The lowest BCUT2D eigenvalue weighted by atomic mass is 9.42. The van der Waals surface area contributed by atoms with Gasteiger partial charge in [-0.3, -0.25) is 19.2 Å². The number of ketones is 3. The van der Waals surface area contributed by atoms with E-state index in [9.17, 15) is 29.4 Å². The zero-order valence-corrected chi connectivity index (χ0v) is 21.2. The lowest BCUT2D eigenvalue weighted by Crippen LogP contribution is -2.60. The van der Waals surface area contributed by atoms with Crippen LogP contribution in [0.1, 0.15) is 86.5 Å². The number of aliphatic hydroxyl groups excluding tert-OH is 1. The van der Waals surface area contributed by atoms with Gasteiger partial charge in [-0.25, -0.2) is 0 Å². The van der Waals surface area contributed by atoms with Gasteiger partial charge in [0, 0.05) is 48.0 Å². The van der Waals surface area contributed by atoms with E-state index in [2.05, 4.69) is 0 Å². The van der Waals surface area contributed by atoms with Gasteiger partial charge in [-0.05, 0) is 50.0 Å². The van der Waals surface area contributed by atoms with Gasteiger partial charge in [0.15, 0.2) is 5.78 Å². The first-order chi connectivity index (χ1) is 15.4. The molecule has 0 amide bonds. The maximum atomic E-state index is 13.9. The van der Waals surface area contributed by atoms with Crippen molar-refractivity contribution in [3.05, 3.63) is 11.1 Å². The average Bonchev–Trinajstić information content (AvgIpc) is 2.93. The summed E-state index contributed by atoms with van der Waals surface area (Å²) in [5, 5.41) is 32.0. The molecular formula is C27H38O7. The van der Waals surface area contributed by atoms with Crippen molar-refractivity contribution < 1.29 is 34.5 Å². The highest BCUT2D eigenvalue weighted by Gasteiger charge is 2.71. The molecule has 4 aliphatic rings. The quantitative estimate of drug-likeness (QED) is 0.570. The Morgan fingerprint density at radius 3 is 2.29 bits per heavy atom. The lowest BCUT2D eigenvalue weighted by Gasteiger charge is -2.60. The number of Topliss-reactive ketones (excluding diaryl/α,β-unsaturated/α-hetero) is 3. The van der Waals surface area contributed by atoms with Gasteiger partial charge >= 0.3 is 5.97 Å². The Bertz CT molecular complexity index is 1020. The number of rotatable bonds is 4. The largest absolute Gasteiger partial charge is 0.481 e. The first-order valence-corrected chi connectivity index (χ1v) is 12.4. The van der Waals surface area contributed by atoms with Crippen LogP contribution in [-0.2, 0) is 19.2 Å². The molecule has 0 saturated heterocycles. The van der Waals surface area contributed by atoms with Crippen LogP contribution < -0.4 is 0 Å². The van der Waals surface area contributed by atoms with Crippen LogP contribution in [0.5, 0.6) is 0 Å². The van der Waals surface area contributed by atoms with Crippen molar-refractivity contribution in [3.63, 3.8) is 0 Å². The molecule has 7 heteroatoms. The number of fused-ring (bicyclic) bond motifs is 4. The van der Waals surface area contributed by atoms with Crippen LogP contribution in [-0.4, -0.2) is 50.3 Å². The van der Waals surface area contributed by atoms with Crippen LogP contribution in [0.2, 0.25) is 0 Å². The number of carbonyl (C=O) groups is 4. The molecule has 7 atom stereocenters. The highest BCUT2D eigenvalue weighted by Crippen LogP contribution is 2.70. The van der Waals surface area contributed by atoms with E-state index < -0.39 is 45.3 Å². The van der Waals surface area contributed by atoms with Crippen LogP contribution in [0.25, 0.3) is 0 Å². The number of aliphatic hydroxyl groups is 2. The minimum Gasteiger partial charge on any atom is -0.481 e. The summed E-state index contributed by atoms with van der Waals surface area (Å²) in [7, 11) is 0. The number of aliphatic carboxylic acids is 1. The third kappa shape index (κ3) is 3.01. The van der Waals surface area contributed by atoms with Gasteiger partial charge < -0.3 is 15.3 Å². The second-order valence-electron chi connectivity index (χ2n) is 12.7. The standard InChI is InChI=1S/C27H38O7/c1-23(2)16-11-14(28)22-21(24(16,3)9-7-18(23)30)15(29)13-25(4)17(12-19(31)27(22,25)6)26(5,34)10-8-20(32)33/h14,16-17,28,34H,7-13H2,1-6H3,(H,32,33)/t14-,16-,17-,24-,25+,26?,27-/m0/s1. The molecule has 0 aromatic carbocycles. The lowest BCUT2D eigenvalue weighted by molar-refractivity contribution is -0.149. The van der Waals surface area contributed by atoms with Gasteiger partial charge in [-0.2, -0.15) is 0 Å². The first kappa shape index (κ1) is 25.2. The Balaban J connectivity index is 1.88. The maximum Gasteiger partial charge on any atom is 0.303 e. The molecule has 4 rings (SSSR count). The third-order valence-electron chi connectivity index (χ3n) is 10.7. The molecule has 1 unspecified atom stereocenters. The zero-order chi connectivity index (χ0) is 25.6. The first-order valence-electron chi connectivity index (χ1n) is 12.4.